The minimum absolute atomic E-state index is 0.00335. The van der Waals surface area contributed by atoms with Gasteiger partial charge in [-0.25, -0.2) is 12.8 Å². The first-order valence-electron chi connectivity index (χ1n) is 5.99. The first-order valence-corrected chi connectivity index (χ1v) is 7.43. The highest BCUT2D eigenvalue weighted by atomic mass is 32.2. The van der Waals surface area contributed by atoms with Crippen molar-refractivity contribution in [2.75, 3.05) is 19.9 Å². The molecule has 1 fully saturated rings. The van der Waals surface area contributed by atoms with Crippen molar-refractivity contribution in [3.63, 3.8) is 0 Å². The van der Waals surface area contributed by atoms with Crippen LogP contribution in [-0.4, -0.2) is 32.9 Å². The number of nitrogens with zero attached hydrogens (tertiary/aromatic N) is 1. The summed E-state index contributed by atoms with van der Waals surface area (Å²) in [5.41, 5.74) is 5.58. The SMILES string of the molecule is COc1c(N)cc(S(=O)(=O)N(C)C2CCC2)cc1F. The van der Waals surface area contributed by atoms with Crippen LogP contribution < -0.4 is 10.5 Å². The Morgan fingerprint density at radius 1 is 1.42 bits per heavy atom. The van der Waals surface area contributed by atoms with Crippen molar-refractivity contribution in [2.45, 2.75) is 30.2 Å². The van der Waals surface area contributed by atoms with Crippen LogP contribution in [0.1, 0.15) is 19.3 Å². The number of sulfonamides is 1. The molecule has 0 radical (unpaired) electrons. The Hall–Kier alpha value is -1.34. The van der Waals surface area contributed by atoms with Gasteiger partial charge in [-0.05, 0) is 25.0 Å². The van der Waals surface area contributed by atoms with Gasteiger partial charge in [-0.2, -0.15) is 4.31 Å². The van der Waals surface area contributed by atoms with E-state index in [2.05, 4.69) is 0 Å². The molecule has 7 heteroatoms. The van der Waals surface area contributed by atoms with Crippen molar-refractivity contribution in [3.05, 3.63) is 17.9 Å². The van der Waals surface area contributed by atoms with Crippen molar-refractivity contribution >= 4 is 15.7 Å². The summed E-state index contributed by atoms with van der Waals surface area (Å²) in [5.74, 6) is -0.909. The molecule has 0 spiro atoms. The van der Waals surface area contributed by atoms with Gasteiger partial charge in [0.05, 0.1) is 17.7 Å². The number of hydrogen-bond donors (Lipinski definition) is 1. The lowest BCUT2D eigenvalue weighted by Gasteiger charge is -2.33. The first-order chi connectivity index (χ1) is 8.87. The molecule has 1 aromatic carbocycles. The summed E-state index contributed by atoms with van der Waals surface area (Å²) in [5, 5.41) is 0. The molecule has 0 saturated heterocycles. The van der Waals surface area contributed by atoms with Crippen LogP contribution in [0.15, 0.2) is 17.0 Å². The summed E-state index contributed by atoms with van der Waals surface area (Å²) in [6, 6.07) is 2.17. The third-order valence-corrected chi connectivity index (χ3v) is 5.40. The number of methoxy groups -OCH3 is 1. The molecule has 1 saturated carbocycles. The van der Waals surface area contributed by atoms with Crippen molar-refractivity contribution < 1.29 is 17.5 Å². The Bertz CT molecular complexity index is 562. The van der Waals surface area contributed by atoms with Crippen molar-refractivity contribution in [2.24, 2.45) is 0 Å². The summed E-state index contributed by atoms with van der Waals surface area (Å²) in [6.07, 6.45) is 2.69. The fourth-order valence-corrected chi connectivity index (χ4v) is 3.53. The summed E-state index contributed by atoms with van der Waals surface area (Å²) in [4.78, 5) is -0.141. The zero-order chi connectivity index (χ0) is 14.2. The first kappa shape index (κ1) is 14.1. The standard InChI is InChI=1S/C12H17FN2O3S/c1-15(8-4-3-5-8)19(16,17)9-6-10(13)12(18-2)11(14)7-9/h6-8H,3-5,14H2,1-2H3. The van der Waals surface area contributed by atoms with Gasteiger partial charge in [0.2, 0.25) is 10.0 Å². The van der Waals surface area contributed by atoms with Crippen LogP contribution in [-0.2, 0) is 10.0 Å². The van der Waals surface area contributed by atoms with Gasteiger partial charge in [0.1, 0.15) is 0 Å². The van der Waals surface area contributed by atoms with Gasteiger partial charge in [0.25, 0.3) is 0 Å². The largest absolute Gasteiger partial charge is 0.492 e. The smallest absolute Gasteiger partial charge is 0.243 e. The van der Waals surface area contributed by atoms with Crippen LogP contribution in [0.25, 0.3) is 0 Å². The Balaban J connectivity index is 2.40. The van der Waals surface area contributed by atoms with Gasteiger partial charge in [0.15, 0.2) is 11.6 Å². The second-order valence-electron chi connectivity index (χ2n) is 4.63. The molecule has 19 heavy (non-hydrogen) atoms. The lowest BCUT2D eigenvalue weighted by atomic mass is 9.94. The van der Waals surface area contributed by atoms with E-state index >= 15 is 0 Å². The highest BCUT2D eigenvalue weighted by Gasteiger charge is 2.32. The van der Waals surface area contributed by atoms with E-state index in [9.17, 15) is 12.8 Å². The minimum Gasteiger partial charge on any atom is -0.492 e. The second kappa shape index (κ2) is 4.97. The van der Waals surface area contributed by atoms with Gasteiger partial charge < -0.3 is 10.5 Å². The minimum atomic E-state index is -3.71. The molecule has 1 aliphatic carbocycles. The maximum absolute atomic E-state index is 13.7. The van der Waals surface area contributed by atoms with E-state index in [-0.39, 0.29) is 22.4 Å². The third kappa shape index (κ3) is 2.40. The molecule has 1 aliphatic rings. The number of ether oxygens (including phenoxy) is 1. The molecule has 0 unspecified atom stereocenters. The molecule has 0 heterocycles. The fraction of sp³-hybridized carbons (Fsp3) is 0.500. The maximum Gasteiger partial charge on any atom is 0.243 e. The van der Waals surface area contributed by atoms with E-state index in [1.54, 1.807) is 0 Å². The third-order valence-electron chi connectivity index (χ3n) is 3.52. The van der Waals surface area contributed by atoms with Crippen LogP contribution in [0, 0.1) is 5.82 Å². The molecule has 0 bridgehead atoms. The molecule has 0 aromatic heterocycles. The van der Waals surface area contributed by atoms with Crippen molar-refractivity contribution in [1.82, 2.24) is 4.31 Å². The van der Waals surface area contributed by atoms with E-state index in [1.165, 1.54) is 24.5 Å². The summed E-state index contributed by atoms with van der Waals surface area (Å²) < 4.78 is 44.4. The molecule has 0 atom stereocenters. The normalized spacial score (nSPS) is 16.4. The van der Waals surface area contributed by atoms with Gasteiger partial charge in [-0.3, -0.25) is 0 Å². The molecule has 0 aliphatic heterocycles. The Labute approximate surface area is 112 Å². The van der Waals surface area contributed by atoms with Crippen LogP contribution in [0.3, 0.4) is 0 Å². The molecule has 1 aromatic rings. The van der Waals surface area contributed by atoms with E-state index in [0.29, 0.717) is 0 Å². The second-order valence-corrected chi connectivity index (χ2v) is 6.63. The average Bonchev–Trinajstić information content (AvgIpc) is 2.26. The monoisotopic (exact) mass is 288 g/mol. The molecular formula is C12H17FN2O3S. The van der Waals surface area contributed by atoms with Crippen LogP contribution in [0.5, 0.6) is 5.75 Å². The predicted molar refractivity (Wildman–Crippen MR) is 70.0 cm³/mol. The number of nitrogens with two attached hydrogens (primary N) is 1. The Morgan fingerprint density at radius 3 is 2.47 bits per heavy atom. The van der Waals surface area contributed by atoms with Crippen LogP contribution in [0.4, 0.5) is 10.1 Å². The zero-order valence-corrected chi connectivity index (χ0v) is 11.7. The van der Waals surface area contributed by atoms with E-state index < -0.39 is 15.8 Å². The summed E-state index contributed by atoms with van der Waals surface area (Å²) in [6.45, 7) is 0. The fourth-order valence-electron chi connectivity index (χ4n) is 2.07. The lowest BCUT2D eigenvalue weighted by molar-refractivity contribution is 0.249. The predicted octanol–water partition coefficient (Wildman–Crippen LogP) is 1.59. The highest BCUT2D eigenvalue weighted by molar-refractivity contribution is 7.89. The number of hydrogen-bond acceptors (Lipinski definition) is 4. The molecule has 5 nitrogen and oxygen atoms in total. The van der Waals surface area contributed by atoms with Gasteiger partial charge in [-0.15, -0.1) is 0 Å². The molecule has 2 N–H and O–H groups in total. The number of anilines is 1. The van der Waals surface area contributed by atoms with Crippen LogP contribution in [0.2, 0.25) is 0 Å². The molecule has 2 rings (SSSR count). The lowest BCUT2D eigenvalue weighted by Crippen LogP contribution is -2.41. The summed E-state index contributed by atoms with van der Waals surface area (Å²) >= 11 is 0. The van der Waals surface area contributed by atoms with E-state index in [1.807, 2.05) is 0 Å². The van der Waals surface area contributed by atoms with Gasteiger partial charge in [0, 0.05) is 13.1 Å². The number of halogens is 1. The van der Waals surface area contributed by atoms with E-state index in [4.69, 9.17) is 10.5 Å². The number of rotatable bonds is 4. The number of nitrogen functional groups attached to an aromatic ring is 1. The Kier molecular flexibility index (Phi) is 3.69. The maximum atomic E-state index is 13.7. The number of benzene rings is 1. The topological polar surface area (TPSA) is 72.6 Å². The van der Waals surface area contributed by atoms with Crippen molar-refractivity contribution in [1.29, 1.82) is 0 Å². The van der Waals surface area contributed by atoms with Crippen molar-refractivity contribution in [3.8, 4) is 5.75 Å². The van der Waals surface area contributed by atoms with Crippen LogP contribution >= 0.6 is 0 Å². The Morgan fingerprint density at radius 2 is 2.05 bits per heavy atom. The molecular weight excluding hydrogens is 271 g/mol. The molecule has 0 amide bonds. The zero-order valence-electron chi connectivity index (χ0n) is 10.9. The quantitative estimate of drug-likeness (QED) is 0.854. The summed E-state index contributed by atoms with van der Waals surface area (Å²) in [7, 11) is -0.919. The van der Waals surface area contributed by atoms with Gasteiger partial charge >= 0.3 is 0 Å². The highest BCUT2D eigenvalue weighted by Crippen LogP contribution is 2.32. The average molecular weight is 288 g/mol. The molecule has 106 valence electrons. The van der Waals surface area contributed by atoms with E-state index in [0.717, 1.165) is 25.3 Å². The van der Waals surface area contributed by atoms with Gasteiger partial charge in [-0.1, -0.05) is 6.42 Å².